The molecule has 1 aromatic heterocycles. The zero-order valence-corrected chi connectivity index (χ0v) is 14.5. The minimum Gasteiger partial charge on any atom is -0.451 e. The van der Waals surface area contributed by atoms with Gasteiger partial charge in [0.1, 0.15) is 0 Å². The molecule has 0 aliphatic rings. The first-order chi connectivity index (χ1) is 13.1. The fraction of sp³-hybridized carbons (Fsp3) is 0.222. The number of amides is 1. The van der Waals surface area contributed by atoms with E-state index >= 15 is 0 Å². The van der Waals surface area contributed by atoms with Crippen LogP contribution in [0.5, 0.6) is 0 Å². The average molecular weight is 393 g/mol. The van der Waals surface area contributed by atoms with Crippen LogP contribution in [-0.2, 0) is 15.7 Å². The van der Waals surface area contributed by atoms with Gasteiger partial charge in [-0.25, -0.2) is 9.48 Å². The highest BCUT2D eigenvalue weighted by Gasteiger charge is 2.30. The summed E-state index contributed by atoms with van der Waals surface area (Å²) in [6.45, 7) is 0.678. The number of ether oxygens (including phenoxy) is 1. The number of halogens is 3. The molecule has 7 nitrogen and oxygen atoms in total. The number of alkyl halides is 3. The van der Waals surface area contributed by atoms with E-state index in [0.717, 1.165) is 22.9 Å². The number of rotatable bonds is 5. The highest BCUT2D eigenvalue weighted by molar-refractivity contribution is 5.89. The van der Waals surface area contributed by atoms with Gasteiger partial charge >= 0.3 is 12.1 Å². The van der Waals surface area contributed by atoms with Crippen LogP contribution in [0.4, 0.5) is 13.2 Å². The van der Waals surface area contributed by atoms with Crippen LogP contribution < -0.4 is 10.7 Å². The van der Waals surface area contributed by atoms with Crippen LogP contribution in [0.2, 0.25) is 0 Å². The molecule has 0 saturated carbocycles. The number of carbonyl (C=O) groups excluding carboxylic acids is 2. The van der Waals surface area contributed by atoms with E-state index in [1.807, 2.05) is 0 Å². The molecular formula is C18H14F3N3O4. The first kappa shape index (κ1) is 20.7. The van der Waals surface area contributed by atoms with Gasteiger partial charge in [0.2, 0.25) is 11.1 Å². The molecule has 0 bridgehead atoms. The van der Waals surface area contributed by atoms with E-state index in [1.54, 1.807) is 0 Å². The Labute approximate surface area is 157 Å². The minimum atomic E-state index is -4.57. The number of nitrogens with zero attached hydrogens (tertiary/aromatic N) is 2. The van der Waals surface area contributed by atoms with Gasteiger partial charge in [-0.2, -0.15) is 18.3 Å². The van der Waals surface area contributed by atoms with Gasteiger partial charge in [-0.1, -0.05) is 12.0 Å². The minimum absolute atomic E-state index is 0.00635. The lowest BCUT2D eigenvalue weighted by Crippen LogP contribution is -2.31. The van der Waals surface area contributed by atoms with Gasteiger partial charge in [-0.05, 0) is 25.1 Å². The number of benzene rings is 1. The van der Waals surface area contributed by atoms with Crippen molar-refractivity contribution in [3.63, 3.8) is 0 Å². The van der Waals surface area contributed by atoms with Crippen molar-refractivity contribution >= 4 is 11.9 Å². The number of nitrogens with one attached hydrogen (secondary N) is 1. The maximum atomic E-state index is 12.9. The van der Waals surface area contributed by atoms with Crippen LogP contribution in [0.15, 0.2) is 35.1 Å². The first-order valence-electron chi connectivity index (χ1n) is 7.79. The zero-order chi connectivity index (χ0) is 20.9. The lowest BCUT2D eigenvalue weighted by Gasteiger charge is -2.13. The van der Waals surface area contributed by atoms with Crippen LogP contribution in [0, 0.1) is 19.3 Å². The van der Waals surface area contributed by atoms with Crippen molar-refractivity contribution in [2.45, 2.75) is 13.1 Å². The molecule has 0 fully saturated rings. The van der Waals surface area contributed by atoms with Gasteiger partial charge in [-0.3, -0.25) is 9.59 Å². The van der Waals surface area contributed by atoms with Crippen molar-refractivity contribution in [3.8, 4) is 18.0 Å². The Kier molecular flexibility index (Phi) is 6.20. The van der Waals surface area contributed by atoms with E-state index in [0.29, 0.717) is 0 Å². The van der Waals surface area contributed by atoms with Gasteiger partial charge < -0.3 is 10.1 Å². The van der Waals surface area contributed by atoms with Crippen LogP contribution in [0.3, 0.4) is 0 Å². The zero-order valence-electron chi connectivity index (χ0n) is 14.5. The van der Waals surface area contributed by atoms with Crippen molar-refractivity contribution in [1.82, 2.24) is 15.1 Å². The summed E-state index contributed by atoms with van der Waals surface area (Å²) in [4.78, 5) is 35.5. The number of hydrogen-bond donors (Lipinski definition) is 1. The van der Waals surface area contributed by atoms with Gasteiger partial charge in [0.05, 0.1) is 17.8 Å². The van der Waals surface area contributed by atoms with Crippen molar-refractivity contribution in [2.75, 3.05) is 13.2 Å². The third-order valence-corrected chi connectivity index (χ3v) is 3.44. The second kappa shape index (κ2) is 8.39. The Hall–Kier alpha value is -3.61. The number of carbonyl (C=O) groups is 2. The normalized spacial score (nSPS) is 10.8. The molecule has 1 aromatic carbocycles. The molecule has 0 saturated heterocycles. The summed E-state index contributed by atoms with van der Waals surface area (Å²) >= 11 is 0. The van der Waals surface area contributed by atoms with Gasteiger partial charge in [0.15, 0.2) is 6.61 Å². The predicted molar refractivity (Wildman–Crippen MR) is 91.7 cm³/mol. The van der Waals surface area contributed by atoms with Crippen molar-refractivity contribution < 1.29 is 27.5 Å². The summed E-state index contributed by atoms with van der Waals surface area (Å²) in [7, 11) is 0. The van der Waals surface area contributed by atoms with E-state index in [-0.39, 0.29) is 17.9 Å². The Morgan fingerprint density at radius 1 is 1.32 bits per heavy atom. The van der Waals surface area contributed by atoms with E-state index in [4.69, 9.17) is 11.2 Å². The molecule has 0 unspecified atom stereocenters. The Morgan fingerprint density at radius 3 is 2.68 bits per heavy atom. The maximum Gasteiger partial charge on any atom is 0.416 e. The molecule has 1 heterocycles. The number of esters is 1. The van der Waals surface area contributed by atoms with E-state index in [1.165, 1.54) is 19.1 Å². The fourth-order valence-electron chi connectivity index (χ4n) is 2.16. The van der Waals surface area contributed by atoms with E-state index in [9.17, 15) is 27.6 Å². The summed E-state index contributed by atoms with van der Waals surface area (Å²) in [5.74, 6) is 0.279. The second-order valence-electron chi connectivity index (χ2n) is 5.52. The van der Waals surface area contributed by atoms with Crippen molar-refractivity contribution in [1.29, 1.82) is 0 Å². The average Bonchev–Trinajstić information content (AvgIpc) is 2.64. The summed E-state index contributed by atoms with van der Waals surface area (Å²) in [6, 6.07) is 5.24. The summed E-state index contributed by atoms with van der Waals surface area (Å²) < 4.78 is 44.5. The molecule has 2 rings (SSSR count). The van der Waals surface area contributed by atoms with Gasteiger partial charge in [0, 0.05) is 11.8 Å². The molecule has 0 spiro atoms. The predicted octanol–water partition coefficient (Wildman–Crippen LogP) is 1.47. The third-order valence-electron chi connectivity index (χ3n) is 3.44. The van der Waals surface area contributed by atoms with Crippen LogP contribution in [0.25, 0.3) is 5.69 Å². The molecule has 0 radical (unpaired) electrons. The molecule has 0 atom stereocenters. The van der Waals surface area contributed by atoms with Gasteiger partial charge in [-0.15, -0.1) is 6.42 Å². The van der Waals surface area contributed by atoms with Gasteiger partial charge in [0.25, 0.3) is 5.91 Å². The summed E-state index contributed by atoms with van der Waals surface area (Å²) in [6.07, 6.45) is 0.397. The van der Waals surface area contributed by atoms with Crippen molar-refractivity contribution in [2.24, 2.45) is 0 Å². The first-order valence-corrected chi connectivity index (χ1v) is 7.79. The molecule has 1 amide bonds. The largest absolute Gasteiger partial charge is 0.451 e. The lowest BCUT2D eigenvalue weighted by atomic mass is 10.2. The number of terminal acetylenes is 1. The van der Waals surface area contributed by atoms with Crippen molar-refractivity contribution in [3.05, 3.63) is 57.5 Å². The molecule has 0 aliphatic carbocycles. The molecular weight excluding hydrogens is 379 g/mol. The molecule has 10 heteroatoms. The molecule has 28 heavy (non-hydrogen) atoms. The Bertz CT molecular complexity index is 1010. The number of hydrogen-bond acceptors (Lipinski definition) is 5. The molecule has 2 aromatic rings. The highest BCUT2D eigenvalue weighted by Crippen LogP contribution is 2.30. The molecule has 146 valence electrons. The lowest BCUT2D eigenvalue weighted by molar-refractivity contribution is -0.137. The van der Waals surface area contributed by atoms with Crippen LogP contribution in [-0.4, -0.2) is 34.8 Å². The monoisotopic (exact) mass is 393 g/mol. The van der Waals surface area contributed by atoms with Crippen LogP contribution >= 0.6 is 0 Å². The number of aromatic nitrogens is 2. The fourth-order valence-corrected chi connectivity index (χ4v) is 2.16. The maximum absolute atomic E-state index is 12.9. The van der Waals surface area contributed by atoms with E-state index in [2.05, 4.69) is 16.3 Å². The van der Waals surface area contributed by atoms with Crippen LogP contribution in [0.1, 0.15) is 21.7 Å². The second-order valence-corrected chi connectivity index (χ2v) is 5.52. The molecule has 0 aliphatic heterocycles. The Morgan fingerprint density at radius 2 is 2.04 bits per heavy atom. The van der Waals surface area contributed by atoms with E-state index < -0.39 is 41.3 Å². The number of aryl methyl sites for hydroxylation is 1. The third kappa shape index (κ3) is 4.97. The smallest absolute Gasteiger partial charge is 0.416 e. The Balaban J connectivity index is 2.33. The summed E-state index contributed by atoms with van der Waals surface area (Å²) in [5, 5.41) is 6.06. The highest BCUT2D eigenvalue weighted by atomic mass is 19.4. The molecule has 1 N–H and O–H groups in total. The standard InChI is InChI=1S/C18H14F3N3O4/c1-3-7-22-15(26)10-28-17(27)16-14(25)8-11(2)24(23-16)13-6-4-5-12(9-13)18(19,20)21/h1,4-6,8-9H,7,10H2,2H3,(H,22,26). The topological polar surface area (TPSA) is 90.3 Å². The SMILES string of the molecule is C#CCNC(=O)COC(=O)c1nn(-c2cccc(C(F)(F)F)c2)c(C)cc1=O. The quantitative estimate of drug-likeness (QED) is 0.614. The summed E-state index contributed by atoms with van der Waals surface area (Å²) in [5.41, 5.74) is -2.19.